The summed E-state index contributed by atoms with van der Waals surface area (Å²) in [6, 6.07) is 37.6. The molecule has 35 heavy (non-hydrogen) atoms. The van der Waals surface area contributed by atoms with Gasteiger partial charge in [0.25, 0.3) is 0 Å². The predicted octanol–water partition coefficient (Wildman–Crippen LogP) is 8.81. The van der Waals surface area contributed by atoms with Crippen LogP contribution in [-0.2, 0) is 18.2 Å². The summed E-state index contributed by atoms with van der Waals surface area (Å²) in [4.78, 5) is 1.21. The second-order valence-corrected chi connectivity index (χ2v) is 10.8. The van der Waals surface area contributed by atoms with Crippen LogP contribution in [0.5, 0.6) is 11.5 Å². The van der Waals surface area contributed by atoms with Crippen molar-refractivity contribution in [2.75, 3.05) is 0 Å². The van der Waals surface area contributed by atoms with Crippen molar-refractivity contribution in [1.82, 2.24) is 0 Å². The number of hydrogen-bond donors (Lipinski definition) is 0. The van der Waals surface area contributed by atoms with Crippen molar-refractivity contribution in [2.24, 2.45) is 0 Å². The van der Waals surface area contributed by atoms with Gasteiger partial charge in [-0.3, -0.25) is 0 Å². The van der Waals surface area contributed by atoms with Crippen LogP contribution in [0.25, 0.3) is 32.3 Å². The molecule has 1 heterocycles. The second kappa shape index (κ2) is 11.4. The van der Waals surface area contributed by atoms with Crippen LogP contribution < -0.4 is 6.64 Å². The van der Waals surface area contributed by atoms with E-state index in [1.807, 2.05) is 24.3 Å². The zero-order chi connectivity index (χ0) is 22.0. The average Bonchev–Trinajstić information content (AvgIpc) is 3.27. The van der Waals surface area contributed by atoms with E-state index >= 15 is 0 Å². The Morgan fingerprint density at radius 1 is 0.514 bits per heavy atom. The fourth-order valence-electron chi connectivity index (χ4n) is 4.10. The van der Waals surface area contributed by atoms with Gasteiger partial charge in [0, 0.05) is 0 Å². The molecule has 0 saturated heterocycles. The molecule has 0 unspecified atom stereocenters. The van der Waals surface area contributed by atoms with Gasteiger partial charge in [0.2, 0.25) is 0 Å². The maximum absolute atomic E-state index is 6.70. The quantitative estimate of drug-likeness (QED) is 0.199. The summed E-state index contributed by atoms with van der Waals surface area (Å²) in [5.41, 5.74) is 0. The molecule has 6 heteroatoms. The topological polar surface area (TPSA) is 18.5 Å². The van der Waals surface area contributed by atoms with E-state index in [9.17, 15) is 0 Å². The maximum atomic E-state index is 6.70. The van der Waals surface area contributed by atoms with Crippen molar-refractivity contribution in [2.45, 2.75) is 0 Å². The normalized spacial score (nSPS) is 10.4. The van der Waals surface area contributed by atoms with Crippen molar-refractivity contribution in [3.8, 4) is 11.5 Å². The Balaban J connectivity index is 0.00000144. The van der Waals surface area contributed by atoms with Gasteiger partial charge in [-0.15, -0.1) is 24.8 Å². The molecular weight excluding hydrogens is 531 g/mol. The van der Waals surface area contributed by atoms with Crippen LogP contribution in [0.2, 0.25) is 0 Å². The fourth-order valence-corrected chi connectivity index (χ4v) is 7.71. The molecule has 6 rings (SSSR count). The van der Waals surface area contributed by atoms with Gasteiger partial charge < -0.3 is 0 Å². The molecule has 0 bridgehead atoms. The van der Waals surface area contributed by atoms with Crippen LogP contribution >= 0.6 is 36.2 Å². The van der Waals surface area contributed by atoms with Crippen LogP contribution in [0.1, 0.15) is 4.88 Å². The summed E-state index contributed by atoms with van der Waals surface area (Å²) < 4.78 is 15.6. The summed E-state index contributed by atoms with van der Waals surface area (Å²) in [7, 11) is 0. The number of rotatable bonds is 5. The molecule has 0 aliphatic carbocycles. The van der Waals surface area contributed by atoms with Gasteiger partial charge in [0.15, 0.2) is 0 Å². The molecular formula is C29H22Cl2O2STi. The Bertz CT molecular complexity index is 1550. The summed E-state index contributed by atoms with van der Waals surface area (Å²) in [6.45, 7) is 0. The minimum atomic E-state index is -2.66. The van der Waals surface area contributed by atoms with Crippen LogP contribution in [0.3, 0.4) is 0 Å². The standard InChI is InChI=1S/2C10H8O.C9H6S.2ClH.Ti/c2*11-10-7-3-5-8-4-1-2-6-9(8)10;1-7-9-5-3-2-4-8(9)6-10-7;;;/h2*1-7,11H;1-6H;2*1H;/q;;;;;+2/p-2. The molecule has 0 fully saturated rings. The number of fused-ring (bicyclic) bond motifs is 3. The molecule has 0 saturated carbocycles. The van der Waals surface area contributed by atoms with E-state index in [4.69, 9.17) is 6.64 Å². The molecule has 0 amide bonds. The van der Waals surface area contributed by atoms with Gasteiger partial charge in [-0.2, -0.15) is 0 Å². The molecule has 2 nitrogen and oxygen atoms in total. The van der Waals surface area contributed by atoms with Gasteiger partial charge in [0.1, 0.15) is 0 Å². The Hall–Kier alpha value is -2.66. The second-order valence-electron chi connectivity index (χ2n) is 7.81. The van der Waals surface area contributed by atoms with Crippen molar-refractivity contribution in [1.29, 1.82) is 0 Å². The first-order valence-electron chi connectivity index (χ1n) is 10.8. The Morgan fingerprint density at radius 2 is 0.971 bits per heavy atom. The Labute approximate surface area is 227 Å². The molecule has 0 N–H and O–H groups in total. The molecule has 0 spiro atoms. The van der Waals surface area contributed by atoms with E-state index in [0.29, 0.717) is 0 Å². The average molecular weight is 553 g/mol. The molecule has 0 aliphatic rings. The van der Waals surface area contributed by atoms with E-state index in [1.165, 1.54) is 26.4 Å². The first kappa shape index (κ1) is 25.4. The van der Waals surface area contributed by atoms with E-state index in [1.54, 1.807) is 11.3 Å². The first-order valence-corrected chi connectivity index (χ1v) is 13.9. The summed E-state index contributed by atoms with van der Waals surface area (Å²) in [5, 5.41) is 9.25. The number of halogens is 2. The van der Waals surface area contributed by atoms with Gasteiger partial charge in [-0.25, -0.2) is 0 Å². The molecule has 6 aromatic rings. The van der Waals surface area contributed by atoms with Crippen molar-refractivity contribution in [3.05, 3.63) is 119 Å². The van der Waals surface area contributed by atoms with Crippen LogP contribution in [-0.4, -0.2) is 4.31 Å². The summed E-state index contributed by atoms with van der Waals surface area (Å²) >= 11 is -0.916. The Morgan fingerprint density at radius 3 is 1.54 bits per heavy atom. The third-order valence-corrected chi connectivity index (χ3v) is 9.13. The first-order chi connectivity index (χ1) is 16.3. The molecule has 174 valence electrons. The molecule has 5 aromatic carbocycles. The van der Waals surface area contributed by atoms with Crippen LogP contribution in [0.4, 0.5) is 0 Å². The van der Waals surface area contributed by atoms with Gasteiger partial charge in [0.05, 0.1) is 0 Å². The van der Waals surface area contributed by atoms with Crippen LogP contribution in [0, 0.1) is 0 Å². The number of hydrogen-bond acceptors (Lipinski definition) is 3. The van der Waals surface area contributed by atoms with Gasteiger partial charge >= 0.3 is 204 Å². The number of thiophene rings is 1. The third-order valence-electron chi connectivity index (χ3n) is 5.71. The Kier molecular flexibility index (Phi) is 8.28. The van der Waals surface area contributed by atoms with Gasteiger partial charge in [-0.1, -0.05) is 0 Å². The van der Waals surface area contributed by atoms with Crippen LogP contribution in [0.15, 0.2) is 115 Å². The molecule has 0 radical (unpaired) electrons. The van der Waals surface area contributed by atoms with E-state index in [0.717, 1.165) is 22.3 Å². The zero-order valence-corrected chi connectivity index (χ0v) is 22.6. The van der Waals surface area contributed by atoms with Crippen molar-refractivity contribution in [3.63, 3.8) is 0 Å². The SMILES string of the molecule is Cl.Cl.[CH](c1scc2ccccc12)=[Ti]([O]c1cccc2ccccc12)[O]c1cccc2ccccc12. The van der Waals surface area contributed by atoms with E-state index in [-0.39, 0.29) is 24.8 Å². The van der Waals surface area contributed by atoms with Gasteiger partial charge in [-0.05, 0) is 0 Å². The number of benzene rings is 5. The molecule has 0 atom stereocenters. The summed E-state index contributed by atoms with van der Waals surface area (Å²) in [6.07, 6.45) is 0. The van der Waals surface area contributed by atoms with E-state index in [2.05, 4.69) is 94.6 Å². The fraction of sp³-hybridized carbons (Fsp3) is 0. The third kappa shape index (κ3) is 5.30. The monoisotopic (exact) mass is 552 g/mol. The predicted molar refractivity (Wildman–Crippen MR) is 151 cm³/mol. The zero-order valence-electron chi connectivity index (χ0n) is 18.6. The minimum absolute atomic E-state index is 0. The van der Waals surface area contributed by atoms with Crippen molar-refractivity contribution >= 4 is 72.8 Å². The van der Waals surface area contributed by atoms with E-state index < -0.39 is 18.2 Å². The van der Waals surface area contributed by atoms with Crippen molar-refractivity contribution < 1.29 is 24.8 Å². The summed E-state index contributed by atoms with van der Waals surface area (Å²) in [5.74, 6) is 1.75. The molecule has 1 aromatic heterocycles. The molecule has 0 aliphatic heterocycles.